The summed E-state index contributed by atoms with van der Waals surface area (Å²) in [6.07, 6.45) is -2.95. The van der Waals surface area contributed by atoms with E-state index >= 15 is 0 Å². The second-order valence-electron chi connectivity index (χ2n) is 6.62. The smallest absolute Gasteiger partial charge is 0.422 e. The number of rotatable bonds is 4. The highest BCUT2D eigenvalue weighted by molar-refractivity contribution is 6.32. The van der Waals surface area contributed by atoms with Gasteiger partial charge in [0.25, 0.3) is 0 Å². The van der Waals surface area contributed by atoms with Gasteiger partial charge in [-0.2, -0.15) is 18.3 Å². The van der Waals surface area contributed by atoms with Crippen LogP contribution in [0.4, 0.5) is 13.2 Å². The zero-order valence-corrected chi connectivity index (χ0v) is 16.5. The summed E-state index contributed by atoms with van der Waals surface area (Å²) in [7, 11) is 1.35. The molecule has 0 aliphatic heterocycles. The molecule has 0 amide bonds. The Morgan fingerprint density at radius 2 is 1.97 bits per heavy atom. The van der Waals surface area contributed by atoms with Gasteiger partial charge >= 0.3 is 6.18 Å². The van der Waals surface area contributed by atoms with Crippen LogP contribution in [-0.2, 0) is 0 Å². The van der Waals surface area contributed by atoms with Gasteiger partial charge in [-0.25, -0.2) is 4.98 Å². The lowest BCUT2D eigenvalue weighted by molar-refractivity contribution is -0.153. The number of ether oxygens (including phenoxy) is 2. The van der Waals surface area contributed by atoms with Crippen LogP contribution in [-0.4, -0.2) is 40.2 Å². The van der Waals surface area contributed by atoms with E-state index < -0.39 is 12.8 Å². The molecule has 0 saturated heterocycles. The third kappa shape index (κ3) is 3.45. The van der Waals surface area contributed by atoms with Crippen molar-refractivity contribution in [1.82, 2.24) is 15.2 Å². The molecule has 2 N–H and O–H groups in total. The van der Waals surface area contributed by atoms with Crippen LogP contribution < -0.4 is 9.47 Å². The number of nitrogens with one attached hydrogen (secondary N) is 1. The van der Waals surface area contributed by atoms with Crippen LogP contribution in [0.5, 0.6) is 17.2 Å². The SMILES string of the molecule is COc1cc2c(-c3ccc(O)c(Cl)c3)nc3[nH]ncc3c2c(C)c1OCC(F)(F)F. The van der Waals surface area contributed by atoms with Crippen LogP contribution in [0.2, 0.25) is 5.02 Å². The summed E-state index contributed by atoms with van der Waals surface area (Å²) >= 11 is 6.06. The third-order valence-corrected chi connectivity index (χ3v) is 4.98. The maximum atomic E-state index is 12.8. The van der Waals surface area contributed by atoms with Crippen LogP contribution in [0.15, 0.2) is 30.5 Å². The summed E-state index contributed by atoms with van der Waals surface area (Å²) in [5.41, 5.74) is 1.99. The molecule has 0 radical (unpaired) electrons. The van der Waals surface area contributed by atoms with E-state index in [2.05, 4.69) is 15.2 Å². The Kier molecular flexibility index (Phi) is 4.85. The van der Waals surface area contributed by atoms with Gasteiger partial charge in [-0.3, -0.25) is 5.10 Å². The maximum absolute atomic E-state index is 12.8. The number of aromatic nitrogens is 3. The van der Waals surface area contributed by atoms with Crippen molar-refractivity contribution in [3.8, 4) is 28.5 Å². The molecular formula is C20H15ClF3N3O3. The summed E-state index contributed by atoms with van der Waals surface area (Å²) in [6.45, 7) is 0.201. The molecular weight excluding hydrogens is 423 g/mol. The fraction of sp³-hybridized carbons (Fsp3) is 0.200. The van der Waals surface area contributed by atoms with Crippen molar-refractivity contribution < 1.29 is 27.8 Å². The minimum Gasteiger partial charge on any atom is -0.506 e. The molecule has 4 aromatic rings. The Hall–Kier alpha value is -3.20. The molecule has 10 heteroatoms. The number of hydrogen-bond acceptors (Lipinski definition) is 5. The molecule has 2 heterocycles. The topological polar surface area (TPSA) is 80.3 Å². The molecule has 6 nitrogen and oxygen atoms in total. The van der Waals surface area contributed by atoms with Crippen LogP contribution >= 0.6 is 11.6 Å². The summed E-state index contributed by atoms with van der Waals surface area (Å²) in [6, 6.07) is 6.20. The Morgan fingerprint density at radius 3 is 2.63 bits per heavy atom. The molecule has 0 aliphatic rings. The average molecular weight is 438 g/mol. The summed E-state index contributed by atoms with van der Waals surface area (Å²) < 4.78 is 48.7. The fourth-order valence-electron chi connectivity index (χ4n) is 3.38. The molecule has 2 aromatic carbocycles. The number of aryl methyl sites for hydroxylation is 1. The van der Waals surface area contributed by atoms with E-state index in [4.69, 9.17) is 21.1 Å². The van der Waals surface area contributed by atoms with Crippen molar-refractivity contribution in [2.75, 3.05) is 13.7 Å². The number of fused-ring (bicyclic) bond motifs is 3. The molecule has 30 heavy (non-hydrogen) atoms. The first-order chi connectivity index (χ1) is 14.2. The minimum absolute atomic E-state index is 0.00860. The number of H-pyrrole nitrogens is 1. The lowest BCUT2D eigenvalue weighted by Gasteiger charge is -2.18. The van der Waals surface area contributed by atoms with Gasteiger partial charge < -0.3 is 14.6 Å². The van der Waals surface area contributed by atoms with E-state index in [0.29, 0.717) is 38.6 Å². The maximum Gasteiger partial charge on any atom is 0.422 e. The van der Waals surface area contributed by atoms with Gasteiger partial charge in [0.1, 0.15) is 5.75 Å². The molecule has 0 saturated carbocycles. The van der Waals surface area contributed by atoms with E-state index in [1.807, 2.05) is 0 Å². The van der Waals surface area contributed by atoms with E-state index in [1.165, 1.54) is 13.2 Å². The second-order valence-corrected chi connectivity index (χ2v) is 7.03. The van der Waals surface area contributed by atoms with Crippen LogP contribution in [0, 0.1) is 6.92 Å². The molecule has 4 rings (SSSR count). The molecule has 0 spiro atoms. The summed E-state index contributed by atoms with van der Waals surface area (Å²) in [5, 5.41) is 18.5. The van der Waals surface area contributed by atoms with Crippen molar-refractivity contribution in [2.24, 2.45) is 0 Å². The molecule has 2 aromatic heterocycles. The lowest BCUT2D eigenvalue weighted by Crippen LogP contribution is -2.20. The molecule has 0 aliphatic carbocycles. The molecule has 156 valence electrons. The van der Waals surface area contributed by atoms with E-state index in [1.54, 1.807) is 31.3 Å². The molecule has 0 unspecified atom stereocenters. The van der Waals surface area contributed by atoms with Crippen molar-refractivity contribution in [3.05, 3.63) is 41.0 Å². The Bertz CT molecular complexity index is 1270. The highest BCUT2D eigenvalue weighted by Crippen LogP contribution is 2.43. The second kappa shape index (κ2) is 7.24. The van der Waals surface area contributed by atoms with Crippen LogP contribution in [0.3, 0.4) is 0 Å². The van der Waals surface area contributed by atoms with Gasteiger partial charge in [0, 0.05) is 27.3 Å². The van der Waals surface area contributed by atoms with E-state index in [0.717, 1.165) is 0 Å². The third-order valence-electron chi connectivity index (χ3n) is 4.67. The van der Waals surface area contributed by atoms with Gasteiger partial charge in [-0.15, -0.1) is 0 Å². The normalized spacial score (nSPS) is 11.9. The van der Waals surface area contributed by atoms with Gasteiger partial charge in [-0.1, -0.05) is 11.6 Å². The first kappa shape index (κ1) is 20.1. The number of hydrogen-bond donors (Lipinski definition) is 2. The highest BCUT2D eigenvalue weighted by atomic mass is 35.5. The number of aromatic hydroxyl groups is 1. The van der Waals surface area contributed by atoms with Gasteiger partial charge in [0.2, 0.25) is 0 Å². The quantitative estimate of drug-likeness (QED) is 0.447. The average Bonchev–Trinajstić information content (AvgIpc) is 3.15. The first-order valence-corrected chi connectivity index (χ1v) is 9.10. The molecule has 0 bridgehead atoms. The number of aromatic amines is 1. The molecule has 0 atom stereocenters. The Labute approximate surface area is 173 Å². The van der Waals surface area contributed by atoms with E-state index in [-0.39, 0.29) is 22.3 Å². The van der Waals surface area contributed by atoms with Crippen LogP contribution in [0.25, 0.3) is 33.1 Å². The van der Waals surface area contributed by atoms with Crippen molar-refractivity contribution in [3.63, 3.8) is 0 Å². The monoisotopic (exact) mass is 437 g/mol. The zero-order valence-electron chi connectivity index (χ0n) is 15.8. The van der Waals surface area contributed by atoms with Crippen molar-refractivity contribution in [1.29, 1.82) is 0 Å². The van der Waals surface area contributed by atoms with Crippen LogP contribution in [0.1, 0.15) is 5.56 Å². The fourth-order valence-corrected chi connectivity index (χ4v) is 3.56. The number of alkyl halides is 3. The number of nitrogens with zero attached hydrogens (tertiary/aromatic N) is 2. The van der Waals surface area contributed by atoms with Crippen molar-refractivity contribution >= 4 is 33.4 Å². The molecule has 0 fully saturated rings. The van der Waals surface area contributed by atoms with E-state index in [9.17, 15) is 18.3 Å². The predicted octanol–water partition coefficient (Wildman–Crippen LogP) is 5.40. The number of phenolic OH excluding ortho intramolecular Hbond substituents is 1. The highest BCUT2D eigenvalue weighted by Gasteiger charge is 2.30. The first-order valence-electron chi connectivity index (χ1n) is 8.72. The summed E-state index contributed by atoms with van der Waals surface area (Å²) in [4.78, 5) is 4.60. The lowest BCUT2D eigenvalue weighted by atomic mass is 9.97. The number of benzene rings is 2. The largest absolute Gasteiger partial charge is 0.506 e. The minimum atomic E-state index is -4.50. The van der Waals surface area contributed by atoms with Crippen molar-refractivity contribution in [2.45, 2.75) is 13.1 Å². The Balaban J connectivity index is 2.04. The number of pyridine rings is 1. The summed E-state index contributed by atoms with van der Waals surface area (Å²) in [5.74, 6) is 0.0506. The number of halogens is 4. The predicted molar refractivity (Wildman–Crippen MR) is 106 cm³/mol. The van der Waals surface area contributed by atoms with Gasteiger partial charge in [0.05, 0.1) is 24.0 Å². The van der Waals surface area contributed by atoms with Gasteiger partial charge in [-0.05, 0) is 31.2 Å². The Morgan fingerprint density at radius 1 is 1.20 bits per heavy atom. The number of phenols is 1. The number of methoxy groups -OCH3 is 1. The van der Waals surface area contributed by atoms with Gasteiger partial charge in [0.15, 0.2) is 23.8 Å². The zero-order chi connectivity index (χ0) is 21.6. The standard InChI is InChI=1S/C20H15ClF3N3O3/c1-9-16-11(6-15(29-2)18(9)30-8-20(22,23)24)17(26-19-12(16)7-25-27-19)10-3-4-14(28)13(21)5-10/h3-7,28H,8H2,1-2H3,(H,25,26,27).